The number of nitrogens with zero attached hydrogens (tertiary/aromatic N) is 3. The van der Waals surface area contributed by atoms with Crippen molar-refractivity contribution in [2.45, 2.75) is 26.3 Å². The quantitative estimate of drug-likeness (QED) is 0.841. The monoisotopic (exact) mass is 335 g/mol. The van der Waals surface area contributed by atoms with Gasteiger partial charge in [-0.3, -0.25) is 4.79 Å². The number of aryl methyl sites for hydroxylation is 1. The third-order valence-corrected chi connectivity index (χ3v) is 6.30. The van der Waals surface area contributed by atoms with Crippen molar-refractivity contribution in [3.8, 4) is 0 Å². The molecule has 4 heterocycles. The molecule has 0 N–H and O–H groups in total. The Labute approximate surface area is 141 Å². The Morgan fingerprint density at radius 3 is 2.83 bits per heavy atom. The third-order valence-electron chi connectivity index (χ3n) is 5.48. The second-order valence-electron chi connectivity index (χ2n) is 7.22. The molecular formula is C17H25N3O2S. The molecule has 1 amide bonds. The van der Waals surface area contributed by atoms with Gasteiger partial charge in [-0.25, -0.2) is 4.98 Å². The van der Waals surface area contributed by atoms with Gasteiger partial charge in [0.15, 0.2) is 0 Å². The summed E-state index contributed by atoms with van der Waals surface area (Å²) in [5.41, 5.74) is 1.04. The summed E-state index contributed by atoms with van der Waals surface area (Å²) in [7, 11) is 0. The Bertz CT molecular complexity index is 570. The summed E-state index contributed by atoms with van der Waals surface area (Å²) in [6.07, 6.45) is 2.35. The lowest BCUT2D eigenvalue weighted by Gasteiger charge is -2.28. The van der Waals surface area contributed by atoms with Gasteiger partial charge in [0, 0.05) is 50.7 Å². The van der Waals surface area contributed by atoms with E-state index in [0.717, 1.165) is 56.0 Å². The highest BCUT2D eigenvalue weighted by Crippen LogP contribution is 2.34. The van der Waals surface area contributed by atoms with E-state index >= 15 is 0 Å². The smallest absolute Gasteiger partial charge is 0.227 e. The standard InChI is InChI=1S/C17H25N3O2S/c1-12-18-15(11-23-12)9-20-8-14-7-19(10-16(14)17(20)21)6-13-2-4-22-5-3-13/h11,13-14,16H,2-10H2,1H3/t14-,16-/m0/s1. The summed E-state index contributed by atoms with van der Waals surface area (Å²) in [5.74, 6) is 1.83. The Morgan fingerprint density at radius 1 is 1.30 bits per heavy atom. The fourth-order valence-corrected chi connectivity index (χ4v) is 4.90. The number of carbonyl (C=O) groups excluding carboxylic acids is 1. The van der Waals surface area contributed by atoms with Crippen molar-refractivity contribution >= 4 is 17.2 Å². The van der Waals surface area contributed by atoms with Crippen LogP contribution in [0.25, 0.3) is 0 Å². The minimum atomic E-state index is 0.217. The normalized spacial score (nSPS) is 29.4. The number of fused-ring (bicyclic) bond motifs is 1. The van der Waals surface area contributed by atoms with Gasteiger partial charge in [-0.15, -0.1) is 11.3 Å². The number of ether oxygens (including phenoxy) is 1. The molecule has 0 saturated carbocycles. The molecule has 1 aromatic heterocycles. The van der Waals surface area contributed by atoms with Crippen LogP contribution in [0.5, 0.6) is 0 Å². The minimum Gasteiger partial charge on any atom is -0.381 e. The minimum absolute atomic E-state index is 0.217. The number of aromatic nitrogens is 1. The van der Waals surface area contributed by atoms with Crippen LogP contribution >= 0.6 is 11.3 Å². The molecule has 4 rings (SSSR count). The van der Waals surface area contributed by atoms with Gasteiger partial charge in [0.05, 0.1) is 23.2 Å². The fraction of sp³-hybridized carbons (Fsp3) is 0.765. The Morgan fingerprint density at radius 2 is 2.13 bits per heavy atom. The number of thiazole rings is 1. The first-order valence-corrected chi connectivity index (χ1v) is 9.57. The maximum absolute atomic E-state index is 12.7. The van der Waals surface area contributed by atoms with Crippen LogP contribution in [0.2, 0.25) is 0 Å². The van der Waals surface area contributed by atoms with Gasteiger partial charge in [-0.2, -0.15) is 0 Å². The Kier molecular flexibility index (Phi) is 4.39. The van der Waals surface area contributed by atoms with Crippen LogP contribution in [-0.4, -0.2) is 60.1 Å². The van der Waals surface area contributed by atoms with Crippen molar-refractivity contribution in [2.75, 3.05) is 39.4 Å². The van der Waals surface area contributed by atoms with Gasteiger partial charge in [0.2, 0.25) is 5.91 Å². The van der Waals surface area contributed by atoms with E-state index in [0.29, 0.717) is 18.4 Å². The number of amides is 1. The first-order chi connectivity index (χ1) is 11.2. The lowest BCUT2D eigenvalue weighted by Crippen LogP contribution is -2.35. The predicted octanol–water partition coefficient (Wildman–Crippen LogP) is 1.77. The summed E-state index contributed by atoms with van der Waals surface area (Å²) >= 11 is 1.66. The first-order valence-electron chi connectivity index (χ1n) is 8.69. The molecule has 1 aromatic rings. The summed E-state index contributed by atoms with van der Waals surface area (Å²) in [4.78, 5) is 21.7. The van der Waals surface area contributed by atoms with Crippen LogP contribution in [0, 0.1) is 24.7 Å². The zero-order chi connectivity index (χ0) is 15.8. The van der Waals surface area contributed by atoms with Crippen molar-refractivity contribution in [3.63, 3.8) is 0 Å². The molecule has 0 radical (unpaired) electrons. The van der Waals surface area contributed by atoms with E-state index in [-0.39, 0.29) is 5.92 Å². The van der Waals surface area contributed by atoms with Crippen LogP contribution in [-0.2, 0) is 16.1 Å². The maximum atomic E-state index is 12.7. The molecule has 3 aliphatic heterocycles. The van der Waals surface area contributed by atoms with E-state index in [1.165, 1.54) is 12.8 Å². The lowest BCUT2D eigenvalue weighted by molar-refractivity contribution is -0.131. The van der Waals surface area contributed by atoms with Crippen LogP contribution in [0.3, 0.4) is 0 Å². The molecular weight excluding hydrogens is 310 g/mol. The zero-order valence-corrected chi connectivity index (χ0v) is 14.6. The van der Waals surface area contributed by atoms with Crippen LogP contribution in [0.4, 0.5) is 0 Å². The van der Waals surface area contributed by atoms with E-state index in [4.69, 9.17) is 4.74 Å². The van der Waals surface area contributed by atoms with Crippen molar-refractivity contribution in [2.24, 2.45) is 17.8 Å². The summed E-state index contributed by atoms with van der Waals surface area (Å²) < 4.78 is 5.44. The van der Waals surface area contributed by atoms with Gasteiger partial charge in [-0.1, -0.05) is 0 Å². The highest BCUT2D eigenvalue weighted by atomic mass is 32.1. The molecule has 3 aliphatic rings. The molecule has 3 saturated heterocycles. The maximum Gasteiger partial charge on any atom is 0.227 e. The van der Waals surface area contributed by atoms with Crippen molar-refractivity contribution in [1.29, 1.82) is 0 Å². The number of carbonyl (C=O) groups is 1. The number of rotatable bonds is 4. The van der Waals surface area contributed by atoms with Gasteiger partial charge in [0.1, 0.15) is 0 Å². The topological polar surface area (TPSA) is 45.7 Å². The van der Waals surface area contributed by atoms with Crippen molar-refractivity contribution in [1.82, 2.24) is 14.8 Å². The zero-order valence-electron chi connectivity index (χ0n) is 13.7. The molecule has 6 heteroatoms. The van der Waals surface area contributed by atoms with Gasteiger partial charge < -0.3 is 14.5 Å². The molecule has 126 valence electrons. The van der Waals surface area contributed by atoms with Crippen LogP contribution in [0.1, 0.15) is 23.5 Å². The number of hydrogen-bond acceptors (Lipinski definition) is 5. The summed E-state index contributed by atoms with van der Waals surface area (Å²) in [6.45, 7) is 8.61. The highest BCUT2D eigenvalue weighted by Gasteiger charge is 2.46. The predicted molar refractivity (Wildman–Crippen MR) is 89.2 cm³/mol. The molecule has 3 fully saturated rings. The molecule has 0 bridgehead atoms. The third kappa shape index (κ3) is 3.30. The molecule has 5 nitrogen and oxygen atoms in total. The lowest BCUT2D eigenvalue weighted by atomic mass is 10.00. The van der Waals surface area contributed by atoms with Crippen molar-refractivity contribution < 1.29 is 9.53 Å². The fourth-order valence-electron chi connectivity index (χ4n) is 4.29. The van der Waals surface area contributed by atoms with E-state index < -0.39 is 0 Å². The average Bonchev–Trinajstić information content (AvgIpc) is 3.20. The van der Waals surface area contributed by atoms with E-state index in [1.807, 2.05) is 11.8 Å². The van der Waals surface area contributed by atoms with Crippen molar-refractivity contribution in [3.05, 3.63) is 16.1 Å². The molecule has 0 aliphatic carbocycles. The molecule has 2 atom stereocenters. The number of hydrogen-bond donors (Lipinski definition) is 0. The molecule has 23 heavy (non-hydrogen) atoms. The van der Waals surface area contributed by atoms with Gasteiger partial charge in [0.25, 0.3) is 0 Å². The van der Waals surface area contributed by atoms with E-state index in [1.54, 1.807) is 11.3 Å². The second-order valence-corrected chi connectivity index (χ2v) is 8.28. The Hall–Kier alpha value is -0.980. The molecule has 0 unspecified atom stereocenters. The van der Waals surface area contributed by atoms with E-state index in [2.05, 4.69) is 15.3 Å². The highest BCUT2D eigenvalue weighted by molar-refractivity contribution is 7.09. The number of likely N-dealkylation sites (tertiary alicyclic amines) is 2. The summed E-state index contributed by atoms with van der Waals surface area (Å²) in [5, 5.41) is 3.16. The van der Waals surface area contributed by atoms with Crippen LogP contribution in [0.15, 0.2) is 5.38 Å². The Balaban J connectivity index is 1.31. The molecule has 0 aromatic carbocycles. The molecule has 0 spiro atoms. The van der Waals surface area contributed by atoms with Gasteiger partial charge >= 0.3 is 0 Å². The SMILES string of the molecule is Cc1nc(CN2C[C@@H]3CN(CC4CCOCC4)C[C@@H]3C2=O)cs1. The average molecular weight is 335 g/mol. The largest absolute Gasteiger partial charge is 0.381 e. The summed E-state index contributed by atoms with van der Waals surface area (Å²) in [6, 6.07) is 0. The second kappa shape index (κ2) is 6.49. The first kappa shape index (κ1) is 15.5. The van der Waals surface area contributed by atoms with E-state index in [9.17, 15) is 4.79 Å². The van der Waals surface area contributed by atoms with Gasteiger partial charge in [-0.05, 0) is 25.7 Å². The van der Waals surface area contributed by atoms with Crippen LogP contribution < -0.4 is 0 Å².